The molecule has 0 saturated carbocycles. The SMILES string of the molecule is CC1=NC(NC(=O)c2ccccc2Cl)(C(F)(F)F)C(=O)N1C(C)c1ccccc1. The highest BCUT2D eigenvalue weighted by atomic mass is 35.5. The summed E-state index contributed by atoms with van der Waals surface area (Å²) in [7, 11) is 0. The van der Waals surface area contributed by atoms with E-state index < -0.39 is 29.7 Å². The molecule has 2 aromatic rings. The number of carbonyl (C=O) groups excluding carboxylic acids is 2. The molecule has 0 aliphatic carbocycles. The number of benzene rings is 2. The van der Waals surface area contributed by atoms with Crippen molar-refractivity contribution < 1.29 is 22.8 Å². The van der Waals surface area contributed by atoms with Gasteiger partial charge in [-0.3, -0.25) is 14.5 Å². The Bertz CT molecular complexity index is 978. The third kappa shape index (κ3) is 3.60. The highest BCUT2D eigenvalue weighted by Gasteiger charge is 2.67. The Hall–Kier alpha value is -2.87. The van der Waals surface area contributed by atoms with Crippen molar-refractivity contribution in [3.05, 3.63) is 70.7 Å². The lowest BCUT2D eigenvalue weighted by atomic mass is 10.0. The molecule has 0 radical (unpaired) electrons. The Morgan fingerprint density at radius 2 is 1.72 bits per heavy atom. The minimum Gasteiger partial charge on any atom is -0.312 e. The molecule has 0 spiro atoms. The summed E-state index contributed by atoms with van der Waals surface area (Å²) in [4.78, 5) is 30.1. The first-order chi connectivity index (χ1) is 13.6. The highest BCUT2D eigenvalue weighted by Crippen LogP contribution is 2.40. The van der Waals surface area contributed by atoms with Crippen LogP contribution in [0.25, 0.3) is 0 Å². The van der Waals surface area contributed by atoms with E-state index in [9.17, 15) is 22.8 Å². The second-order valence-electron chi connectivity index (χ2n) is 6.56. The molecule has 0 bridgehead atoms. The maximum atomic E-state index is 14.1. The standard InChI is InChI=1S/C20H17ClF3N3O2/c1-12(14-8-4-3-5-9-14)27-13(2)25-19(18(27)29,20(22,23)24)26-17(28)15-10-6-7-11-16(15)21/h3-12H,1-2H3,(H,26,28). The summed E-state index contributed by atoms with van der Waals surface area (Å²) in [5.41, 5.74) is -2.98. The molecular formula is C20H17ClF3N3O2. The van der Waals surface area contributed by atoms with Crippen LogP contribution in [0.1, 0.15) is 35.8 Å². The van der Waals surface area contributed by atoms with Crippen molar-refractivity contribution in [3.8, 4) is 0 Å². The highest BCUT2D eigenvalue weighted by molar-refractivity contribution is 6.34. The molecule has 1 aliphatic heterocycles. The van der Waals surface area contributed by atoms with Gasteiger partial charge in [0, 0.05) is 0 Å². The predicted octanol–water partition coefficient (Wildman–Crippen LogP) is 4.35. The van der Waals surface area contributed by atoms with E-state index in [4.69, 9.17) is 11.6 Å². The third-order valence-corrected chi connectivity index (χ3v) is 5.03. The topological polar surface area (TPSA) is 61.8 Å². The second-order valence-corrected chi connectivity index (χ2v) is 6.97. The molecule has 0 fully saturated rings. The van der Waals surface area contributed by atoms with E-state index in [-0.39, 0.29) is 16.4 Å². The van der Waals surface area contributed by atoms with Crippen LogP contribution in [0.5, 0.6) is 0 Å². The molecule has 3 rings (SSSR count). The Labute approximate surface area is 170 Å². The van der Waals surface area contributed by atoms with Crippen LogP contribution >= 0.6 is 11.6 Å². The second kappa shape index (κ2) is 7.51. The van der Waals surface area contributed by atoms with Gasteiger partial charge < -0.3 is 5.32 Å². The molecule has 2 aromatic carbocycles. The zero-order chi connectivity index (χ0) is 21.4. The van der Waals surface area contributed by atoms with Gasteiger partial charge in [0.1, 0.15) is 5.84 Å². The van der Waals surface area contributed by atoms with Crippen LogP contribution in [-0.4, -0.2) is 34.4 Å². The van der Waals surface area contributed by atoms with Crippen LogP contribution in [0.2, 0.25) is 5.02 Å². The van der Waals surface area contributed by atoms with Crippen molar-refractivity contribution in [2.24, 2.45) is 4.99 Å². The number of hydrogen-bond acceptors (Lipinski definition) is 3. The molecular weight excluding hydrogens is 407 g/mol. The molecule has 152 valence electrons. The Morgan fingerprint density at radius 1 is 1.14 bits per heavy atom. The van der Waals surface area contributed by atoms with Gasteiger partial charge in [-0.05, 0) is 31.5 Å². The molecule has 0 saturated heterocycles. The maximum absolute atomic E-state index is 14.1. The fourth-order valence-electron chi connectivity index (χ4n) is 3.22. The Balaban J connectivity index is 2.00. The summed E-state index contributed by atoms with van der Waals surface area (Å²) in [6.45, 7) is 2.89. The van der Waals surface area contributed by atoms with E-state index in [1.54, 1.807) is 42.6 Å². The summed E-state index contributed by atoms with van der Waals surface area (Å²) >= 11 is 5.92. The number of nitrogens with one attached hydrogen (secondary N) is 1. The van der Waals surface area contributed by atoms with Crippen molar-refractivity contribution in [2.45, 2.75) is 31.7 Å². The minimum atomic E-state index is -5.16. The zero-order valence-electron chi connectivity index (χ0n) is 15.5. The van der Waals surface area contributed by atoms with Gasteiger partial charge >= 0.3 is 11.8 Å². The molecule has 1 aliphatic rings. The summed E-state index contributed by atoms with van der Waals surface area (Å²) in [5, 5.41) is 1.74. The van der Waals surface area contributed by atoms with Crippen LogP contribution in [0.15, 0.2) is 59.6 Å². The van der Waals surface area contributed by atoms with Crippen LogP contribution in [-0.2, 0) is 4.79 Å². The van der Waals surface area contributed by atoms with E-state index in [1.807, 2.05) is 0 Å². The van der Waals surface area contributed by atoms with Gasteiger partial charge in [0.25, 0.3) is 11.8 Å². The minimum absolute atomic E-state index is 0.0389. The van der Waals surface area contributed by atoms with Crippen LogP contribution in [0, 0.1) is 0 Å². The molecule has 29 heavy (non-hydrogen) atoms. The smallest absolute Gasteiger partial charge is 0.312 e. The van der Waals surface area contributed by atoms with E-state index in [0.29, 0.717) is 5.56 Å². The number of aliphatic imine (C=N–C) groups is 1. The Kier molecular flexibility index (Phi) is 5.40. The van der Waals surface area contributed by atoms with Crippen molar-refractivity contribution in [1.82, 2.24) is 10.2 Å². The van der Waals surface area contributed by atoms with Gasteiger partial charge in [-0.2, -0.15) is 13.2 Å². The van der Waals surface area contributed by atoms with E-state index in [2.05, 4.69) is 4.99 Å². The fourth-order valence-corrected chi connectivity index (χ4v) is 3.44. The number of amides is 2. The van der Waals surface area contributed by atoms with Crippen LogP contribution < -0.4 is 5.32 Å². The van der Waals surface area contributed by atoms with Gasteiger partial charge in [-0.15, -0.1) is 0 Å². The van der Waals surface area contributed by atoms with Crippen molar-refractivity contribution >= 4 is 29.3 Å². The van der Waals surface area contributed by atoms with Gasteiger partial charge in [0.2, 0.25) is 0 Å². The first-order valence-corrected chi connectivity index (χ1v) is 9.05. The van der Waals surface area contributed by atoms with Crippen molar-refractivity contribution in [3.63, 3.8) is 0 Å². The van der Waals surface area contributed by atoms with Crippen molar-refractivity contribution in [1.29, 1.82) is 0 Å². The van der Waals surface area contributed by atoms with E-state index >= 15 is 0 Å². The lowest BCUT2D eigenvalue weighted by molar-refractivity contribution is -0.196. The summed E-state index contributed by atoms with van der Waals surface area (Å²) < 4.78 is 42.2. The molecule has 2 amide bonds. The number of rotatable bonds is 4. The first-order valence-electron chi connectivity index (χ1n) is 8.67. The summed E-state index contributed by atoms with van der Waals surface area (Å²) in [6.07, 6.45) is -5.16. The van der Waals surface area contributed by atoms with Crippen LogP contribution in [0.3, 0.4) is 0 Å². The summed E-state index contributed by atoms with van der Waals surface area (Å²) in [5.74, 6) is -2.67. The van der Waals surface area contributed by atoms with Crippen molar-refractivity contribution in [2.75, 3.05) is 0 Å². The molecule has 1 heterocycles. The third-order valence-electron chi connectivity index (χ3n) is 4.70. The van der Waals surface area contributed by atoms with E-state index in [0.717, 1.165) is 4.90 Å². The Morgan fingerprint density at radius 3 is 2.31 bits per heavy atom. The largest absolute Gasteiger partial charge is 0.442 e. The molecule has 1 N–H and O–H groups in total. The zero-order valence-corrected chi connectivity index (χ0v) is 16.3. The number of alkyl halides is 3. The summed E-state index contributed by atoms with van der Waals surface area (Å²) in [6, 6.07) is 13.5. The number of carbonyl (C=O) groups is 2. The lowest BCUT2D eigenvalue weighted by Crippen LogP contribution is -2.63. The van der Waals surface area contributed by atoms with Gasteiger partial charge in [-0.25, -0.2) is 4.99 Å². The molecule has 0 aromatic heterocycles. The van der Waals surface area contributed by atoms with Gasteiger partial charge in [0.05, 0.1) is 16.6 Å². The number of halogens is 4. The molecule has 5 nitrogen and oxygen atoms in total. The average molecular weight is 424 g/mol. The lowest BCUT2D eigenvalue weighted by Gasteiger charge is -2.31. The monoisotopic (exact) mass is 423 g/mol. The number of nitrogens with zero attached hydrogens (tertiary/aromatic N) is 2. The fraction of sp³-hybridized carbons (Fsp3) is 0.250. The molecule has 9 heteroatoms. The molecule has 2 atom stereocenters. The first kappa shape index (κ1) is 20.9. The quantitative estimate of drug-likeness (QED) is 0.794. The van der Waals surface area contributed by atoms with Gasteiger partial charge in [-0.1, -0.05) is 54.1 Å². The molecule has 2 unspecified atom stereocenters. The number of hydrogen-bond donors (Lipinski definition) is 1. The normalized spacial score (nSPS) is 20.4. The predicted molar refractivity (Wildman–Crippen MR) is 103 cm³/mol. The van der Waals surface area contributed by atoms with Gasteiger partial charge in [0.15, 0.2) is 0 Å². The maximum Gasteiger partial charge on any atom is 0.442 e. The number of amidine groups is 1. The van der Waals surface area contributed by atoms with E-state index in [1.165, 1.54) is 31.2 Å². The average Bonchev–Trinajstić information content (AvgIpc) is 2.92. The van der Waals surface area contributed by atoms with Crippen LogP contribution in [0.4, 0.5) is 13.2 Å².